The van der Waals surface area contributed by atoms with Gasteiger partial charge in [-0.15, -0.1) is 0 Å². The molecule has 1 aliphatic carbocycles. The molecule has 4 heteroatoms. The number of hydrogen-bond donors (Lipinski definition) is 3. The second-order valence-corrected chi connectivity index (χ2v) is 5.16. The summed E-state index contributed by atoms with van der Waals surface area (Å²) in [7, 11) is 0. The summed E-state index contributed by atoms with van der Waals surface area (Å²) < 4.78 is 0. The van der Waals surface area contributed by atoms with E-state index in [4.69, 9.17) is 10.9 Å². The Hall–Kier alpha value is -0.770. The van der Waals surface area contributed by atoms with Crippen molar-refractivity contribution in [1.29, 1.82) is 0 Å². The minimum Gasteiger partial charge on any atom is -0.409 e. The van der Waals surface area contributed by atoms with Crippen molar-refractivity contribution in [2.24, 2.45) is 16.8 Å². The van der Waals surface area contributed by atoms with Crippen LogP contribution in [-0.2, 0) is 0 Å². The van der Waals surface area contributed by atoms with Gasteiger partial charge in [0, 0.05) is 12.5 Å². The highest BCUT2D eigenvalue weighted by atomic mass is 16.4. The molecule has 0 bridgehead atoms. The van der Waals surface area contributed by atoms with Crippen molar-refractivity contribution >= 4 is 5.84 Å². The van der Waals surface area contributed by atoms with Gasteiger partial charge in [-0.1, -0.05) is 24.9 Å². The Morgan fingerprint density at radius 2 is 2.06 bits per heavy atom. The minimum atomic E-state index is 0.332. The average Bonchev–Trinajstić information content (AvgIpc) is 2.36. The first kappa shape index (κ1) is 14.3. The van der Waals surface area contributed by atoms with E-state index < -0.39 is 0 Å². The molecular weight excluding hydrogens is 214 g/mol. The van der Waals surface area contributed by atoms with Crippen molar-refractivity contribution in [3.63, 3.8) is 0 Å². The highest BCUT2D eigenvalue weighted by Gasteiger charge is 2.19. The van der Waals surface area contributed by atoms with Gasteiger partial charge in [0.1, 0.15) is 5.84 Å². The van der Waals surface area contributed by atoms with E-state index in [-0.39, 0.29) is 0 Å². The summed E-state index contributed by atoms with van der Waals surface area (Å²) in [6, 6.07) is 0.690. The van der Waals surface area contributed by atoms with Crippen molar-refractivity contribution in [3.05, 3.63) is 0 Å². The predicted octanol–water partition coefficient (Wildman–Crippen LogP) is 2.46. The maximum Gasteiger partial charge on any atom is 0.139 e. The molecule has 0 aliphatic heterocycles. The third-order valence-electron chi connectivity index (χ3n) is 3.71. The molecule has 0 atom stereocenters. The van der Waals surface area contributed by atoms with E-state index in [0.717, 1.165) is 18.9 Å². The zero-order valence-corrected chi connectivity index (χ0v) is 11.0. The molecule has 0 amide bonds. The average molecular weight is 241 g/mol. The summed E-state index contributed by atoms with van der Waals surface area (Å²) in [4.78, 5) is 0. The molecule has 4 nitrogen and oxygen atoms in total. The molecule has 0 aromatic carbocycles. The standard InChI is InChI=1S/C13H27N3O/c1-2-4-11-6-8-12(9-7-11)15-10-3-5-13(14)16-17/h11-12,15,17H,2-10H2,1H3,(H2,14,16). The van der Waals surface area contributed by atoms with E-state index in [9.17, 15) is 0 Å². The molecule has 1 fully saturated rings. The van der Waals surface area contributed by atoms with Gasteiger partial charge in [0.05, 0.1) is 0 Å². The number of amidine groups is 1. The highest BCUT2D eigenvalue weighted by molar-refractivity contribution is 5.79. The third-order valence-corrected chi connectivity index (χ3v) is 3.71. The molecule has 100 valence electrons. The molecule has 0 heterocycles. The summed E-state index contributed by atoms with van der Waals surface area (Å²) in [6.07, 6.45) is 9.73. The van der Waals surface area contributed by atoms with Crippen molar-refractivity contribution in [2.45, 2.75) is 64.3 Å². The van der Waals surface area contributed by atoms with Crippen LogP contribution in [0.1, 0.15) is 58.3 Å². The van der Waals surface area contributed by atoms with Gasteiger partial charge < -0.3 is 16.3 Å². The molecule has 0 spiro atoms. The van der Waals surface area contributed by atoms with E-state index in [1.807, 2.05) is 0 Å². The first-order valence-electron chi connectivity index (χ1n) is 6.96. The van der Waals surface area contributed by atoms with Gasteiger partial charge in [0.25, 0.3) is 0 Å². The Morgan fingerprint density at radius 3 is 2.65 bits per heavy atom. The fourth-order valence-electron chi connectivity index (χ4n) is 2.69. The number of oxime groups is 1. The van der Waals surface area contributed by atoms with Crippen molar-refractivity contribution in [3.8, 4) is 0 Å². The van der Waals surface area contributed by atoms with E-state index in [1.54, 1.807) is 0 Å². The van der Waals surface area contributed by atoms with Crippen LogP contribution in [0.5, 0.6) is 0 Å². The molecule has 0 aromatic heterocycles. The zero-order chi connectivity index (χ0) is 12.5. The number of nitrogens with two attached hydrogens (primary N) is 1. The van der Waals surface area contributed by atoms with E-state index in [0.29, 0.717) is 18.3 Å². The van der Waals surface area contributed by atoms with Crippen molar-refractivity contribution < 1.29 is 5.21 Å². The number of nitrogens with zero attached hydrogens (tertiary/aromatic N) is 1. The van der Waals surface area contributed by atoms with E-state index >= 15 is 0 Å². The van der Waals surface area contributed by atoms with Crippen LogP contribution in [-0.4, -0.2) is 23.6 Å². The second kappa shape index (κ2) is 8.34. The first-order chi connectivity index (χ1) is 8.26. The zero-order valence-electron chi connectivity index (χ0n) is 11.0. The number of rotatable bonds is 7. The normalized spacial score (nSPS) is 26.1. The van der Waals surface area contributed by atoms with Crippen LogP contribution in [0.2, 0.25) is 0 Å². The largest absolute Gasteiger partial charge is 0.409 e. The van der Waals surface area contributed by atoms with Crippen molar-refractivity contribution in [2.75, 3.05) is 6.54 Å². The van der Waals surface area contributed by atoms with Crippen LogP contribution < -0.4 is 11.1 Å². The molecule has 0 saturated heterocycles. The smallest absolute Gasteiger partial charge is 0.139 e. The van der Waals surface area contributed by atoms with Crippen LogP contribution >= 0.6 is 0 Å². The fraction of sp³-hybridized carbons (Fsp3) is 0.923. The molecule has 0 aromatic rings. The number of nitrogens with one attached hydrogen (secondary N) is 1. The summed E-state index contributed by atoms with van der Waals surface area (Å²) in [5.41, 5.74) is 5.42. The van der Waals surface area contributed by atoms with Crippen LogP contribution in [0.3, 0.4) is 0 Å². The Morgan fingerprint density at radius 1 is 1.35 bits per heavy atom. The monoisotopic (exact) mass is 241 g/mol. The van der Waals surface area contributed by atoms with Gasteiger partial charge >= 0.3 is 0 Å². The maximum absolute atomic E-state index is 8.41. The van der Waals surface area contributed by atoms with Crippen LogP contribution in [0, 0.1) is 5.92 Å². The summed E-state index contributed by atoms with van der Waals surface area (Å²) >= 11 is 0. The Bertz CT molecular complexity index is 223. The molecule has 0 unspecified atom stereocenters. The van der Waals surface area contributed by atoms with Gasteiger partial charge in [-0.3, -0.25) is 0 Å². The van der Waals surface area contributed by atoms with Gasteiger partial charge in [-0.05, 0) is 44.6 Å². The lowest BCUT2D eigenvalue weighted by atomic mass is 9.83. The van der Waals surface area contributed by atoms with Crippen molar-refractivity contribution in [1.82, 2.24) is 5.32 Å². The molecule has 1 rings (SSSR count). The Kier molecular flexibility index (Phi) is 7.01. The molecule has 1 aliphatic rings. The molecule has 0 radical (unpaired) electrons. The topological polar surface area (TPSA) is 70.6 Å². The summed E-state index contributed by atoms with van der Waals surface area (Å²) in [5, 5.41) is 14.9. The third kappa shape index (κ3) is 5.91. The lowest BCUT2D eigenvalue weighted by Gasteiger charge is -2.29. The van der Waals surface area contributed by atoms with E-state index in [2.05, 4.69) is 17.4 Å². The SMILES string of the molecule is CCCC1CCC(NCCCC(N)=NO)CC1. The first-order valence-corrected chi connectivity index (χ1v) is 6.96. The molecule has 4 N–H and O–H groups in total. The van der Waals surface area contributed by atoms with Crippen LogP contribution in [0.25, 0.3) is 0 Å². The van der Waals surface area contributed by atoms with Crippen LogP contribution in [0.15, 0.2) is 5.16 Å². The predicted molar refractivity (Wildman–Crippen MR) is 71.3 cm³/mol. The molecule has 1 saturated carbocycles. The van der Waals surface area contributed by atoms with Gasteiger partial charge in [0.2, 0.25) is 0 Å². The number of hydrogen-bond acceptors (Lipinski definition) is 3. The lowest BCUT2D eigenvalue weighted by molar-refractivity contribution is 0.278. The highest BCUT2D eigenvalue weighted by Crippen LogP contribution is 2.27. The van der Waals surface area contributed by atoms with Crippen LogP contribution in [0.4, 0.5) is 0 Å². The van der Waals surface area contributed by atoms with Gasteiger partial charge in [0.15, 0.2) is 0 Å². The minimum absolute atomic E-state index is 0.332. The van der Waals surface area contributed by atoms with Gasteiger partial charge in [-0.2, -0.15) is 0 Å². The summed E-state index contributed by atoms with van der Waals surface area (Å²) in [5.74, 6) is 1.30. The second-order valence-electron chi connectivity index (χ2n) is 5.16. The lowest BCUT2D eigenvalue weighted by Crippen LogP contribution is -2.34. The summed E-state index contributed by atoms with van der Waals surface area (Å²) in [6.45, 7) is 3.25. The maximum atomic E-state index is 8.41. The Balaban J connectivity index is 2.02. The fourth-order valence-corrected chi connectivity index (χ4v) is 2.69. The quantitative estimate of drug-likeness (QED) is 0.211. The Labute approximate surface area is 105 Å². The van der Waals surface area contributed by atoms with Gasteiger partial charge in [-0.25, -0.2) is 0 Å². The molecule has 17 heavy (non-hydrogen) atoms. The van der Waals surface area contributed by atoms with E-state index in [1.165, 1.54) is 38.5 Å². The molecular formula is C13H27N3O.